The number of piperazine rings is 1. The van der Waals surface area contributed by atoms with Gasteiger partial charge in [0.2, 0.25) is 5.75 Å². The van der Waals surface area contributed by atoms with Crippen LogP contribution in [0, 0.1) is 0 Å². The molecule has 0 bridgehead atoms. The van der Waals surface area contributed by atoms with Gasteiger partial charge in [0.25, 0.3) is 0 Å². The monoisotopic (exact) mass is 320 g/mol. The lowest BCUT2D eigenvalue weighted by atomic mass is 10.1. The summed E-state index contributed by atoms with van der Waals surface area (Å²) in [4.78, 5) is 5.21. The molecule has 1 aromatic rings. The van der Waals surface area contributed by atoms with Crippen molar-refractivity contribution in [3.05, 3.63) is 17.7 Å². The predicted octanol–water partition coefficient (Wildman–Crippen LogP) is 2.38. The maximum Gasteiger partial charge on any atom is 0.203 e. The maximum atomic E-state index is 5.63. The van der Waals surface area contributed by atoms with Crippen molar-refractivity contribution in [2.24, 2.45) is 0 Å². The SMILES string of the molecule is COc1ccc(CN2CC3CCCN3C[C@@H]2C)c(OC)c1OC. The van der Waals surface area contributed by atoms with Crippen molar-refractivity contribution in [3.63, 3.8) is 0 Å². The molecule has 0 spiro atoms. The van der Waals surface area contributed by atoms with Gasteiger partial charge in [0, 0.05) is 37.3 Å². The Kier molecular flexibility index (Phi) is 4.97. The highest BCUT2D eigenvalue weighted by Gasteiger charge is 2.34. The number of methoxy groups -OCH3 is 3. The van der Waals surface area contributed by atoms with Gasteiger partial charge < -0.3 is 14.2 Å². The molecule has 5 nitrogen and oxygen atoms in total. The number of benzene rings is 1. The molecule has 1 aromatic carbocycles. The van der Waals surface area contributed by atoms with Crippen molar-refractivity contribution in [3.8, 4) is 17.2 Å². The quantitative estimate of drug-likeness (QED) is 0.832. The van der Waals surface area contributed by atoms with Crippen LogP contribution in [0.25, 0.3) is 0 Å². The lowest BCUT2D eigenvalue weighted by Crippen LogP contribution is -2.54. The van der Waals surface area contributed by atoms with Crippen LogP contribution < -0.4 is 14.2 Å². The Morgan fingerprint density at radius 1 is 1.04 bits per heavy atom. The van der Waals surface area contributed by atoms with Gasteiger partial charge >= 0.3 is 0 Å². The molecule has 0 saturated carbocycles. The van der Waals surface area contributed by atoms with Gasteiger partial charge in [-0.3, -0.25) is 9.80 Å². The second kappa shape index (κ2) is 6.97. The zero-order valence-corrected chi connectivity index (χ0v) is 14.7. The molecule has 0 amide bonds. The summed E-state index contributed by atoms with van der Waals surface area (Å²) in [5.74, 6) is 2.18. The first-order chi connectivity index (χ1) is 11.2. The molecule has 2 aliphatic rings. The highest BCUT2D eigenvalue weighted by atomic mass is 16.5. The van der Waals surface area contributed by atoms with Crippen LogP contribution in [0.15, 0.2) is 12.1 Å². The first-order valence-corrected chi connectivity index (χ1v) is 8.43. The Morgan fingerprint density at radius 3 is 2.52 bits per heavy atom. The smallest absolute Gasteiger partial charge is 0.203 e. The first-order valence-electron chi connectivity index (χ1n) is 8.43. The fourth-order valence-corrected chi connectivity index (χ4v) is 3.97. The summed E-state index contributed by atoms with van der Waals surface area (Å²) in [5, 5.41) is 0. The Morgan fingerprint density at radius 2 is 1.83 bits per heavy atom. The van der Waals surface area contributed by atoms with Gasteiger partial charge in [-0.1, -0.05) is 6.07 Å². The molecule has 0 N–H and O–H groups in total. The molecule has 128 valence electrons. The Bertz CT molecular complexity index is 549. The summed E-state index contributed by atoms with van der Waals surface area (Å²) >= 11 is 0. The molecule has 2 aliphatic heterocycles. The molecule has 0 radical (unpaired) electrons. The Balaban J connectivity index is 1.81. The fraction of sp³-hybridized carbons (Fsp3) is 0.667. The summed E-state index contributed by atoms with van der Waals surface area (Å²) in [6, 6.07) is 5.33. The molecular weight excluding hydrogens is 292 g/mol. The molecule has 2 saturated heterocycles. The molecule has 1 unspecified atom stereocenters. The van der Waals surface area contributed by atoms with Crippen LogP contribution in [0.5, 0.6) is 17.2 Å². The van der Waals surface area contributed by atoms with Crippen LogP contribution in [0.2, 0.25) is 0 Å². The average Bonchev–Trinajstić information content (AvgIpc) is 3.01. The van der Waals surface area contributed by atoms with Gasteiger partial charge in [-0.15, -0.1) is 0 Å². The molecule has 2 heterocycles. The lowest BCUT2D eigenvalue weighted by Gasteiger charge is -2.42. The van der Waals surface area contributed by atoms with E-state index in [1.807, 2.05) is 6.07 Å². The van der Waals surface area contributed by atoms with Crippen LogP contribution in [0.3, 0.4) is 0 Å². The molecule has 2 fully saturated rings. The van der Waals surface area contributed by atoms with Crippen LogP contribution >= 0.6 is 0 Å². The summed E-state index contributed by atoms with van der Waals surface area (Å²) in [7, 11) is 5.00. The number of nitrogens with zero attached hydrogens (tertiary/aromatic N) is 2. The summed E-state index contributed by atoms with van der Waals surface area (Å²) in [6.45, 7) is 6.78. The van der Waals surface area contributed by atoms with Crippen molar-refractivity contribution in [1.29, 1.82) is 0 Å². The van der Waals surface area contributed by atoms with Crippen LogP contribution in [-0.2, 0) is 6.54 Å². The van der Waals surface area contributed by atoms with E-state index in [1.54, 1.807) is 21.3 Å². The molecular formula is C18H28N2O3. The highest BCUT2D eigenvalue weighted by Crippen LogP contribution is 2.40. The molecule has 0 aromatic heterocycles. The van der Waals surface area contributed by atoms with E-state index in [0.717, 1.165) is 30.4 Å². The van der Waals surface area contributed by atoms with E-state index >= 15 is 0 Å². The lowest BCUT2D eigenvalue weighted by molar-refractivity contribution is 0.0534. The van der Waals surface area contributed by atoms with E-state index in [-0.39, 0.29) is 0 Å². The first kappa shape index (κ1) is 16.4. The van der Waals surface area contributed by atoms with Crippen LogP contribution in [0.4, 0.5) is 0 Å². The molecule has 5 heteroatoms. The van der Waals surface area contributed by atoms with Crippen molar-refractivity contribution >= 4 is 0 Å². The number of rotatable bonds is 5. The van der Waals surface area contributed by atoms with Crippen LogP contribution in [-0.4, -0.2) is 62.8 Å². The van der Waals surface area contributed by atoms with E-state index in [1.165, 1.54) is 25.9 Å². The predicted molar refractivity (Wildman–Crippen MR) is 90.6 cm³/mol. The maximum absolute atomic E-state index is 5.63. The Hall–Kier alpha value is -1.46. The van der Waals surface area contributed by atoms with Crippen LogP contribution in [0.1, 0.15) is 25.3 Å². The minimum absolute atomic E-state index is 0.558. The third-order valence-corrected chi connectivity index (χ3v) is 5.23. The Labute approximate surface area is 139 Å². The summed E-state index contributed by atoms with van der Waals surface area (Å²) in [5.41, 5.74) is 1.16. The average molecular weight is 320 g/mol. The fourth-order valence-electron chi connectivity index (χ4n) is 3.97. The van der Waals surface area contributed by atoms with Gasteiger partial charge in [0.1, 0.15) is 0 Å². The highest BCUT2D eigenvalue weighted by molar-refractivity contribution is 5.55. The molecule has 2 atom stereocenters. The van der Waals surface area contributed by atoms with E-state index in [9.17, 15) is 0 Å². The molecule has 0 aliphatic carbocycles. The zero-order valence-electron chi connectivity index (χ0n) is 14.7. The topological polar surface area (TPSA) is 34.2 Å². The largest absolute Gasteiger partial charge is 0.493 e. The summed E-state index contributed by atoms with van der Waals surface area (Å²) < 4.78 is 16.5. The minimum atomic E-state index is 0.558. The van der Waals surface area contributed by atoms with E-state index in [2.05, 4.69) is 22.8 Å². The second-order valence-corrected chi connectivity index (χ2v) is 6.56. The second-order valence-electron chi connectivity index (χ2n) is 6.56. The van der Waals surface area contributed by atoms with Gasteiger partial charge in [-0.2, -0.15) is 0 Å². The number of fused-ring (bicyclic) bond motifs is 1. The van der Waals surface area contributed by atoms with Gasteiger partial charge in [0.05, 0.1) is 21.3 Å². The standard InChI is InChI=1S/C18H28N2O3/c1-13-10-19-9-5-6-15(19)12-20(13)11-14-7-8-16(21-2)18(23-4)17(14)22-3/h7-8,13,15H,5-6,9-12H2,1-4H3/t13-,15?/m0/s1. The zero-order chi connectivity index (χ0) is 16.4. The van der Waals surface area contributed by atoms with E-state index in [4.69, 9.17) is 14.2 Å². The number of ether oxygens (including phenoxy) is 3. The minimum Gasteiger partial charge on any atom is -0.493 e. The van der Waals surface area contributed by atoms with Gasteiger partial charge in [-0.25, -0.2) is 0 Å². The van der Waals surface area contributed by atoms with Crippen molar-refractivity contribution in [2.75, 3.05) is 41.0 Å². The molecule has 3 rings (SSSR count). The normalized spacial score (nSPS) is 25.2. The van der Waals surface area contributed by atoms with Crippen molar-refractivity contribution in [1.82, 2.24) is 9.80 Å². The van der Waals surface area contributed by atoms with Gasteiger partial charge in [0.15, 0.2) is 11.5 Å². The van der Waals surface area contributed by atoms with E-state index < -0.39 is 0 Å². The number of hydrogen-bond donors (Lipinski definition) is 0. The van der Waals surface area contributed by atoms with Crippen molar-refractivity contribution < 1.29 is 14.2 Å². The molecule has 23 heavy (non-hydrogen) atoms. The third kappa shape index (κ3) is 3.12. The van der Waals surface area contributed by atoms with Gasteiger partial charge in [-0.05, 0) is 32.4 Å². The van der Waals surface area contributed by atoms with Crippen molar-refractivity contribution in [2.45, 2.75) is 38.4 Å². The number of hydrogen-bond acceptors (Lipinski definition) is 5. The van der Waals surface area contributed by atoms with E-state index in [0.29, 0.717) is 17.5 Å². The third-order valence-electron chi connectivity index (χ3n) is 5.23. The summed E-state index contributed by atoms with van der Waals surface area (Å²) in [6.07, 6.45) is 2.66.